The van der Waals surface area contributed by atoms with Crippen molar-refractivity contribution in [2.75, 3.05) is 5.32 Å². The van der Waals surface area contributed by atoms with Crippen molar-refractivity contribution in [2.45, 2.75) is 32.2 Å². The molecule has 17 heavy (non-hydrogen) atoms. The molecule has 1 aliphatic rings. The van der Waals surface area contributed by atoms with Crippen LogP contribution in [0, 0.1) is 6.92 Å². The number of aryl methyl sites for hydroxylation is 1. The predicted molar refractivity (Wildman–Crippen MR) is 65.7 cm³/mol. The Morgan fingerprint density at radius 2 is 2.24 bits per heavy atom. The Morgan fingerprint density at radius 1 is 1.35 bits per heavy atom. The quantitative estimate of drug-likeness (QED) is 0.879. The largest absolute Gasteiger partial charge is 0.423 e. The van der Waals surface area contributed by atoms with E-state index in [1.807, 2.05) is 6.07 Å². The number of benzene rings is 1. The summed E-state index contributed by atoms with van der Waals surface area (Å²) in [6.45, 7) is 2.10. The second-order valence-corrected chi connectivity index (χ2v) is 4.55. The highest BCUT2D eigenvalue weighted by Gasteiger charge is 2.17. The molecule has 0 atom stereocenters. The normalized spacial score (nSPS) is 15.6. The molecule has 1 aromatic heterocycles. The third-order valence-electron chi connectivity index (χ3n) is 3.30. The third kappa shape index (κ3) is 2.02. The van der Waals surface area contributed by atoms with Crippen molar-refractivity contribution < 1.29 is 4.42 Å². The van der Waals surface area contributed by atoms with Crippen LogP contribution < -0.4 is 5.32 Å². The zero-order chi connectivity index (χ0) is 11.7. The molecule has 88 valence electrons. The molecule has 3 rings (SSSR count). The number of rotatable bonds is 3. The van der Waals surface area contributed by atoms with Gasteiger partial charge in [0, 0.05) is 17.3 Å². The lowest BCUT2D eigenvalue weighted by Gasteiger charge is -2.28. The number of nitrogens with one attached hydrogen (secondary N) is 1. The predicted octanol–water partition coefficient (Wildman–Crippen LogP) is 3.01. The molecule has 0 spiro atoms. The summed E-state index contributed by atoms with van der Waals surface area (Å²) < 4.78 is 5.19. The minimum Gasteiger partial charge on any atom is -0.423 e. The van der Waals surface area contributed by atoms with Crippen molar-refractivity contribution in [3.63, 3.8) is 0 Å². The van der Waals surface area contributed by atoms with Crippen molar-refractivity contribution >= 4 is 5.69 Å². The summed E-state index contributed by atoms with van der Waals surface area (Å²) in [4.78, 5) is 0. The molecule has 0 saturated heterocycles. The van der Waals surface area contributed by atoms with Crippen LogP contribution >= 0.6 is 0 Å². The molecule has 4 heteroatoms. The summed E-state index contributed by atoms with van der Waals surface area (Å²) in [5.41, 5.74) is 3.39. The average Bonchev–Trinajstić information content (AvgIpc) is 2.78. The molecule has 0 radical (unpaired) electrons. The van der Waals surface area contributed by atoms with Gasteiger partial charge < -0.3 is 9.73 Å². The van der Waals surface area contributed by atoms with Gasteiger partial charge in [0.15, 0.2) is 0 Å². The van der Waals surface area contributed by atoms with E-state index in [0.29, 0.717) is 11.9 Å². The lowest BCUT2D eigenvalue weighted by atomic mass is 9.92. The van der Waals surface area contributed by atoms with E-state index in [0.717, 1.165) is 5.56 Å². The molecule has 1 heterocycles. The van der Waals surface area contributed by atoms with E-state index in [9.17, 15) is 0 Å². The van der Waals surface area contributed by atoms with E-state index in [1.165, 1.54) is 36.9 Å². The zero-order valence-electron chi connectivity index (χ0n) is 9.81. The van der Waals surface area contributed by atoms with Crippen LogP contribution in [0.3, 0.4) is 0 Å². The smallest absolute Gasteiger partial charge is 0.247 e. The molecular weight excluding hydrogens is 214 g/mol. The summed E-state index contributed by atoms with van der Waals surface area (Å²) >= 11 is 0. The molecule has 4 nitrogen and oxygen atoms in total. The fourth-order valence-electron chi connectivity index (χ4n) is 2.03. The molecule has 2 aromatic rings. The van der Waals surface area contributed by atoms with E-state index in [1.54, 1.807) is 0 Å². The van der Waals surface area contributed by atoms with Crippen LogP contribution in [0.1, 0.15) is 24.8 Å². The molecule has 1 fully saturated rings. The Morgan fingerprint density at radius 3 is 2.82 bits per heavy atom. The zero-order valence-corrected chi connectivity index (χ0v) is 9.81. The van der Waals surface area contributed by atoms with E-state index in [-0.39, 0.29) is 0 Å². The standard InChI is InChI=1S/C13H15N3O/c1-9-7-10(13-16-14-8-17-13)5-6-12(9)15-11-3-2-4-11/h5-8,11,15H,2-4H2,1H3. The van der Waals surface area contributed by atoms with Crippen LogP contribution in [-0.2, 0) is 0 Å². The average molecular weight is 229 g/mol. The maximum atomic E-state index is 5.19. The van der Waals surface area contributed by atoms with Crippen LogP contribution in [0.4, 0.5) is 5.69 Å². The molecule has 1 saturated carbocycles. The maximum absolute atomic E-state index is 5.19. The van der Waals surface area contributed by atoms with Gasteiger partial charge in [0.1, 0.15) is 0 Å². The lowest BCUT2D eigenvalue weighted by molar-refractivity contribution is 0.445. The molecule has 0 aliphatic heterocycles. The van der Waals surface area contributed by atoms with Crippen molar-refractivity contribution in [3.8, 4) is 11.5 Å². The first-order valence-electron chi connectivity index (χ1n) is 5.96. The van der Waals surface area contributed by atoms with Crippen molar-refractivity contribution in [3.05, 3.63) is 30.2 Å². The van der Waals surface area contributed by atoms with Gasteiger partial charge in [0.25, 0.3) is 0 Å². The molecule has 0 amide bonds. The van der Waals surface area contributed by atoms with Crippen molar-refractivity contribution in [1.82, 2.24) is 10.2 Å². The SMILES string of the molecule is Cc1cc(-c2nnco2)ccc1NC1CCC1. The number of nitrogens with zero attached hydrogens (tertiary/aromatic N) is 2. The van der Waals surface area contributed by atoms with Gasteiger partial charge in [-0.15, -0.1) is 10.2 Å². The summed E-state index contributed by atoms with van der Waals surface area (Å²) in [6, 6.07) is 6.84. The van der Waals surface area contributed by atoms with Gasteiger partial charge in [-0.2, -0.15) is 0 Å². The summed E-state index contributed by atoms with van der Waals surface area (Å²) in [5, 5.41) is 11.2. The summed E-state index contributed by atoms with van der Waals surface area (Å²) in [7, 11) is 0. The van der Waals surface area contributed by atoms with Crippen LogP contribution in [0.2, 0.25) is 0 Å². The molecule has 0 unspecified atom stereocenters. The van der Waals surface area contributed by atoms with Crippen molar-refractivity contribution in [2.24, 2.45) is 0 Å². The van der Waals surface area contributed by atoms with Gasteiger partial charge in [0.05, 0.1) is 0 Å². The number of hydrogen-bond donors (Lipinski definition) is 1. The highest BCUT2D eigenvalue weighted by molar-refractivity contribution is 5.62. The third-order valence-corrected chi connectivity index (χ3v) is 3.30. The fraction of sp³-hybridized carbons (Fsp3) is 0.385. The van der Waals surface area contributed by atoms with E-state index >= 15 is 0 Å². The van der Waals surface area contributed by atoms with Crippen LogP contribution in [0.15, 0.2) is 29.0 Å². The van der Waals surface area contributed by atoms with Gasteiger partial charge in [-0.05, 0) is 49.9 Å². The number of anilines is 1. The van der Waals surface area contributed by atoms with Crippen LogP contribution in [0.5, 0.6) is 0 Å². The Balaban J connectivity index is 1.83. The second kappa shape index (κ2) is 4.20. The number of hydrogen-bond acceptors (Lipinski definition) is 4. The Kier molecular flexibility index (Phi) is 2.55. The van der Waals surface area contributed by atoms with Gasteiger partial charge in [-0.3, -0.25) is 0 Å². The fourth-order valence-corrected chi connectivity index (χ4v) is 2.03. The van der Waals surface area contributed by atoms with Crippen LogP contribution in [-0.4, -0.2) is 16.2 Å². The first-order valence-corrected chi connectivity index (χ1v) is 5.96. The molecule has 1 aromatic carbocycles. The second-order valence-electron chi connectivity index (χ2n) is 4.55. The lowest BCUT2D eigenvalue weighted by Crippen LogP contribution is -2.27. The molecule has 1 N–H and O–H groups in total. The molecule has 1 aliphatic carbocycles. The molecule has 0 bridgehead atoms. The van der Waals surface area contributed by atoms with Gasteiger partial charge in [-0.25, -0.2) is 0 Å². The van der Waals surface area contributed by atoms with Crippen molar-refractivity contribution in [1.29, 1.82) is 0 Å². The Labute approximate surface area is 100 Å². The van der Waals surface area contributed by atoms with Gasteiger partial charge in [0.2, 0.25) is 12.3 Å². The number of aromatic nitrogens is 2. The highest BCUT2D eigenvalue weighted by Crippen LogP contribution is 2.27. The highest BCUT2D eigenvalue weighted by atomic mass is 16.4. The Hall–Kier alpha value is -1.84. The minimum absolute atomic E-state index is 0.572. The van der Waals surface area contributed by atoms with E-state index in [2.05, 4.69) is 34.6 Å². The molecular formula is C13H15N3O. The first-order chi connectivity index (χ1) is 8.33. The topological polar surface area (TPSA) is 51.0 Å². The Bertz CT molecular complexity index is 503. The van der Waals surface area contributed by atoms with Crippen LogP contribution in [0.25, 0.3) is 11.5 Å². The van der Waals surface area contributed by atoms with Gasteiger partial charge in [-0.1, -0.05) is 0 Å². The summed E-state index contributed by atoms with van der Waals surface area (Å²) in [5.74, 6) is 0.572. The van der Waals surface area contributed by atoms with E-state index in [4.69, 9.17) is 4.42 Å². The van der Waals surface area contributed by atoms with Gasteiger partial charge >= 0.3 is 0 Å². The first kappa shape index (κ1) is 10.3. The maximum Gasteiger partial charge on any atom is 0.247 e. The monoisotopic (exact) mass is 229 g/mol. The summed E-state index contributed by atoms with van der Waals surface area (Å²) in [6.07, 6.45) is 5.26. The van der Waals surface area contributed by atoms with E-state index < -0.39 is 0 Å². The minimum atomic E-state index is 0.572.